The number of nitrogens with one attached hydrogen (secondary N) is 3. The van der Waals surface area contributed by atoms with E-state index in [2.05, 4.69) is 0 Å². The van der Waals surface area contributed by atoms with E-state index in [-0.39, 0.29) is 0 Å². The van der Waals surface area contributed by atoms with Gasteiger partial charge in [0.2, 0.25) is 10.0 Å². The Balaban J connectivity index is 3.13. The highest BCUT2D eigenvalue weighted by Crippen LogP contribution is 1.96. The molecule has 0 aliphatic carbocycles. The molecule has 0 saturated heterocycles. The maximum atomic E-state index is 11.4. The number of aromatic amines is 2. The van der Waals surface area contributed by atoms with Gasteiger partial charge in [0.05, 0.1) is 0 Å². The third-order valence-electron chi connectivity index (χ3n) is 1.49. The molecular weight excluding hydrogens is 242 g/mol. The van der Waals surface area contributed by atoms with E-state index >= 15 is 0 Å². The van der Waals surface area contributed by atoms with Crippen LogP contribution in [0.2, 0.25) is 0 Å². The fourth-order valence-corrected chi connectivity index (χ4v) is 1.81. The number of carbonyl (C=O) groups is 1. The first-order valence-electron chi connectivity index (χ1n) is 3.86. The molecule has 1 aromatic heterocycles. The lowest BCUT2D eigenvalue weighted by molar-refractivity contribution is -0.135. The standard InChI is InChI=1S/C6H7N3O6S/c10-4(11)2-8-16(14,15)3-1-7-6(13)9-5(3)12/h1,8H,2H2,(H,10,11)(H2,7,9,12,13). The molecule has 1 heterocycles. The van der Waals surface area contributed by atoms with Gasteiger partial charge in [0.1, 0.15) is 6.54 Å². The number of carboxylic acid groups (broad SMARTS) is 1. The summed E-state index contributed by atoms with van der Waals surface area (Å²) in [6, 6.07) is 0. The monoisotopic (exact) mass is 249 g/mol. The summed E-state index contributed by atoms with van der Waals surface area (Å²) in [5.41, 5.74) is -1.98. The van der Waals surface area contributed by atoms with Gasteiger partial charge in [-0.25, -0.2) is 13.2 Å². The van der Waals surface area contributed by atoms with Crippen LogP contribution in [0.25, 0.3) is 0 Å². The summed E-state index contributed by atoms with van der Waals surface area (Å²) in [4.78, 5) is 34.7. The van der Waals surface area contributed by atoms with E-state index in [9.17, 15) is 22.8 Å². The average Bonchev–Trinajstić information content (AvgIpc) is 2.14. The lowest BCUT2D eigenvalue weighted by atomic mass is 10.7. The van der Waals surface area contributed by atoms with Crippen molar-refractivity contribution in [3.8, 4) is 0 Å². The Hall–Kier alpha value is -1.94. The highest BCUT2D eigenvalue weighted by Gasteiger charge is 2.19. The molecule has 0 radical (unpaired) electrons. The number of aromatic nitrogens is 2. The van der Waals surface area contributed by atoms with E-state index in [4.69, 9.17) is 5.11 Å². The number of hydrogen-bond donors (Lipinski definition) is 4. The molecule has 0 amide bonds. The molecule has 88 valence electrons. The minimum absolute atomic E-state index is 0.686. The van der Waals surface area contributed by atoms with E-state index in [0.717, 1.165) is 0 Å². The molecule has 0 unspecified atom stereocenters. The Morgan fingerprint density at radius 3 is 2.56 bits per heavy atom. The van der Waals surface area contributed by atoms with Gasteiger partial charge in [-0.1, -0.05) is 0 Å². The molecule has 0 bridgehead atoms. The Morgan fingerprint density at radius 1 is 1.44 bits per heavy atom. The van der Waals surface area contributed by atoms with E-state index < -0.39 is 38.7 Å². The van der Waals surface area contributed by atoms with Gasteiger partial charge in [-0.3, -0.25) is 14.6 Å². The van der Waals surface area contributed by atoms with Crippen LogP contribution in [0, 0.1) is 0 Å². The van der Waals surface area contributed by atoms with Crippen LogP contribution in [-0.4, -0.2) is 36.0 Å². The first-order chi connectivity index (χ1) is 7.33. The van der Waals surface area contributed by atoms with Gasteiger partial charge in [0.15, 0.2) is 4.90 Å². The lowest BCUT2D eigenvalue weighted by Crippen LogP contribution is -2.35. The van der Waals surface area contributed by atoms with Crippen molar-refractivity contribution < 1.29 is 18.3 Å². The Morgan fingerprint density at radius 2 is 2.06 bits per heavy atom. The van der Waals surface area contributed by atoms with Gasteiger partial charge in [-0.05, 0) is 0 Å². The zero-order chi connectivity index (χ0) is 12.3. The summed E-state index contributed by atoms with van der Waals surface area (Å²) in [6.45, 7) is -0.860. The summed E-state index contributed by atoms with van der Waals surface area (Å²) < 4.78 is 24.4. The summed E-state index contributed by atoms with van der Waals surface area (Å²) in [5, 5.41) is 8.27. The van der Waals surface area contributed by atoms with Crippen LogP contribution in [0.3, 0.4) is 0 Å². The molecule has 16 heavy (non-hydrogen) atoms. The van der Waals surface area contributed by atoms with Crippen LogP contribution in [0.4, 0.5) is 0 Å². The maximum Gasteiger partial charge on any atom is 0.325 e. The first kappa shape index (κ1) is 12.1. The van der Waals surface area contributed by atoms with Gasteiger partial charge in [-0.2, -0.15) is 4.72 Å². The SMILES string of the molecule is O=C(O)CNS(=O)(=O)c1c[nH]c(=O)[nH]c1=O. The van der Waals surface area contributed by atoms with Gasteiger partial charge < -0.3 is 10.1 Å². The van der Waals surface area contributed by atoms with Crippen LogP contribution in [0.15, 0.2) is 20.7 Å². The largest absolute Gasteiger partial charge is 0.480 e. The molecule has 0 atom stereocenters. The Labute approximate surface area is 88.2 Å². The predicted molar refractivity (Wildman–Crippen MR) is 50.5 cm³/mol. The second-order valence-corrected chi connectivity index (χ2v) is 4.39. The van der Waals surface area contributed by atoms with E-state index in [1.54, 1.807) is 9.71 Å². The average molecular weight is 249 g/mol. The summed E-state index contributed by atoms with van der Waals surface area (Å²) >= 11 is 0. The van der Waals surface area contributed by atoms with E-state index in [0.29, 0.717) is 6.20 Å². The molecule has 4 N–H and O–H groups in total. The van der Waals surface area contributed by atoms with E-state index in [1.807, 2.05) is 4.98 Å². The van der Waals surface area contributed by atoms with E-state index in [1.165, 1.54) is 0 Å². The fraction of sp³-hybridized carbons (Fsp3) is 0.167. The Kier molecular flexibility index (Phi) is 3.25. The van der Waals surface area contributed by atoms with Crippen LogP contribution < -0.4 is 16.0 Å². The van der Waals surface area contributed by atoms with Crippen molar-refractivity contribution in [3.05, 3.63) is 27.0 Å². The third kappa shape index (κ3) is 2.77. The first-order valence-corrected chi connectivity index (χ1v) is 5.35. The number of aliphatic carboxylic acids is 1. The molecule has 0 spiro atoms. The molecule has 1 aromatic rings. The van der Waals surface area contributed by atoms with Crippen molar-refractivity contribution >= 4 is 16.0 Å². The summed E-state index contributed by atoms with van der Waals surface area (Å²) in [7, 11) is -4.25. The molecule has 0 aliphatic heterocycles. The second kappa shape index (κ2) is 4.28. The lowest BCUT2D eigenvalue weighted by Gasteiger charge is -2.02. The topological polar surface area (TPSA) is 149 Å². The van der Waals surface area contributed by atoms with Gasteiger partial charge in [0.25, 0.3) is 5.56 Å². The number of carboxylic acids is 1. The highest BCUT2D eigenvalue weighted by molar-refractivity contribution is 7.89. The summed E-state index contributed by atoms with van der Waals surface area (Å²) in [5.74, 6) is -1.40. The van der Waals surface area contributed by atoms with Gasteiger partial charge >= 0.3 is 11.7 Å². The third-order valence-corrected chi connectivity index (χ3v) is 2.89. The van der Waals surface area contributed by atoms with Crippen molar-refractivity contribution in [1.82, 2.24) is 14.7 Å². The van der Waals surface area contributed by atoms with Gasteiger partial charge in [-0.15, -0.1) is 0 Å². The van der Waals surface area contributed by atoms with Gasteiger partial charge in [0, 0.05) is 6.20 Å². The molecule has 0 aromatic carbocycles. The zero-order valence-electron chi connectivity index (χ0n) is 7.68. The minimum Gasteiger partial charge on any atom is -0.480 e. The number of rotatable bonds is 4. The molecule has 0 fully saturated rings. The van der Waals surface area contributed by atoms with Crippen LogP contribution in [0.5, 0.6) is 0 Å². The highest BCUT2D eigenvalue weighted by atomic mass is 32.2. The molecular formula is C6H7N3O6S. The van der Waals surface area contributed by atoms with Crippen LogP contribution >= 0.6 is 0 Å². The van der Waals surface area contributed by atoms with Crippen LogP contribution in [-0.2, 0) is 14.8 Å². The van der Waals surface area contributed by atoms with Crippen molar-refractivity contribution in [2.45, 2.75) is 4.90 Å². The minimum atomic E-state index is -4.25. The van der Waals surface area contributed by atoms with Crippen molar-refractivity contribution in [2.24, 2.45) is 0 Å². The van der Waals surface area contributed by atoms with Crippen LogP contribution in [0.1, 0.15) is 0 Å². The zero-order valence-corrected chi connectivity index (χ0v) is 8.50. The molecule has 10 heteroatoms. The normalized spacial score (nSPS) is 11.2. The molecule has 0 aliphatic rings. The second-order valence-electron chi connectivity index (χ2n) is 2.65. The van der Waals surface area contributed by atoms with Crippen molar-refractivity contribution in [3.63, 3.8) is 0 Å². The quantitative estimate of drug-likeness (QED) is 0.460. The molecule has 9 nitrogen and oxygen atoms in total. The van der Waals surface area contributed by atoms with Crippen molar-refractivity contribution in [2.75, 3.05) is 6.54 Å². The smallest absolute Gasteiger partial charge is 0.325 e. The fourth-order valence-electron chi connectivity index (χ4n) is 0.832. The maximum absolute atomic E-state index is 11.4. The van der Waals surface area contributed by atoms with Crippen molar-refractivity contribution in [1.29, 1.82) is 0 Å². The molecule has 1 rings (SSSR count). The molecule has 0 saturated carbocycles. The Bertz CT molecular complexity index is 612. The number of hydrogen-bond acceptors (Lipinski definition) is 5. The number of sulfonamides is 1. The summed E-state index contributed by atoms with van der Waals surface area (Å²) in [6.07, 6.45) is 0.686. The number of H-pyrrole nitrogens is 2. The predicted octanol–water partition coefficient (Wildman–Crippen LogP) is -2.57.